The normalized spacial score (nSPS) is 17.8. The molecule has 0 aromatic heterocycles. The summed E-state index contributed by atoms with van der Waals surface area (Å²) in [6.07, 6.45) is 2.58. The lowest BCUT2D eigenvalue weighted by molar-refractivity contribution is -0.127. The molecule has 0 bridgehead atoms. The molecule has 1 unspecified atom stereocenters. The van der Waals surface area contributed by atoms with E-state index in [9.17, 15) is 9.59 Å². The van der Waals surface area contributed by atoms with E-state index in [0.29, 0.717) is 22.2 Å². The number of benzene rings is 1. The maximum absolute atomic E-state index is 12.1. The SMILES string of the molecule is CSCCC1NC(=O)N(CCOc2c(Cl)cccc2Cl)C1=O. The Bertz CT molecular complexity index is 551. The summed E-state index contributed by atoms with van der Waals surface area (Å²) >= 11 is 13.6. The van der Waals surface area contributed by atoms with Crippen LogP contribution >= 0.6 is 35.0 Å². The van der Waals surface area contributed by atoms with Gasteiger partial charge in [-0.25, -0.2) is 4.79 Å². The molecule has 1 N–H and O–H groups in total. The number of ether oxygens (including phenoxy) is 1. The van der Waals surface area contributed by atoms with Gasteiger partial charge in [-0.2, -0.15) is 11.8 Å². The number of thioether (sulfide) groups is 1. The lowest BCUT2D eigenvalue weighted by Gasteiger charge is -2.15. The lowest BCUT2D eigenvalue weighted by atomic mass is 10.2. The molecule has 5 nitrogen and oxygen atoms in total. The van der Waals surface area contributed by atoms with Crippen molar-refractivity contribution in [3.63, 3.8) is 0 Å². The Labute approximate surface area is 143 Å². The molecule has 3 amide bonds. The van der Waals surface area contributed by atoms with Crippen LogP contribution in [-0.2, 0) is 4.79 Å². The van der Waals surface area contributed by atoms with Gasteiger partial charge in [-0.15, -0.1) is 0 Å². The summed E-state index contributed by atoms with van der Waals surface area (Å²) in [5.41, 5.74) is 0. The van der Waals surface area contributed by atoms with E-state index in [0.717, 1.165) is 10.7 Å². The second-order valence-corrected chi connectivity index (χ2v) is 6.47. The van der Waals surface area contributed by atoms with Crippen LogP contribution in [0.1, 0.15) is 6.42 Å². The van der Waals surface area contributed by atoms with Gasteiger partial charge in [0, 0.05) is 0 Å². The van der Waals surface area contributed by atoms with Gasteiger partial charge in [0.15, 0.2) is 5.75 Å². The third-order valence-electron chi connectivity index (χ3n) is 3.20. The van der Waals surface area contributed by atoms with Crippen LogP contribution < -0.4 is 10.1 Å². The molecule has 1 aliphatic heterocycles. The summed E-state index contributed by atoms with van der Waals surface area (Å²) in [4.78, 5) is 25.1. The van der Waals surface area contributed by atoms with Crippen LogP contribution in [0.5, 0.6) is 5.75 Å². The fourth-order valence-electron chi connectivity index (χ4n) is 2.08. The van der Waals surface area contributed by atoms with Crippen LogP contribution in [0.2, 0.25) is 10.0 Å². The highest BCUT2D eigenvalue weighted by molar-refractivity contribution is 7.98. The maximum Gasteiger partial charge on any atom is 0.324 e. The average molecular weight is 363 g/mol. The van der Waals surface area contributed by atoms with Crippen molar-refractivity contribution in [1.29, 1.82) is 0 Å². The molecular formula is C14H16Cl2N2O3S. The van der Waals surface area contributed by atoms with Crippen LogP contribution in [0.15, 0.2) is 18.2 Å². The van der Waals surface area contributed by atoms with Crippen molar-refractivity contribution in [3.05, 3.63) is 28.2 Å². The minimum Gasteiger partial charge on any atom is -0.489 e. The number of carbonyl (C=O) groups excluding carboxylic acids is 2. The van der Waals surface area contributed by atoms with Crippen LogP contribution in [0.4, 0.5) is 4.79 Å². The third-order valence-corrected chi connectivity index (χ3v) is 4.44. The number of imide groups is 1. The zero-order valence-corrected chi connectivity index (χ0v) is 14.3. The van der Waals surface area contributed by atoms with Crippen LogP contribution in [0.25, 0.3) is 0 Å². The quantitative estimate of drug-likeness (QED) is 0.757. The van der Waals surface area contributed by atoms with Crippen LogP contribution in [0, 0.1) is 0 Å². The number of nitrogens with one attached hydrogen (secondary N) is 1. The number of hydrogen-bond donors (Lipinski definition) is 1. The molecule has 1 atom stereocenters. The van der Waals surface area contributed by atoms with Gasteiger partial charge in [-0.1, -0.05) is 29.3 Å². The molecule has 1 fully saturated rings. The van der Waals surface area contributed by atoms with E-state index in [4.69, 9.17) is 27.9 Å². The third kappa shape index (κ3) is 4.00. The average Bonchev–Trinajstić information content (AvgIpc) is 2.75. The Morgan fingerprint density at radius 2 is 2.00 bits per heavy atom. The fourth-order valence-corrected chi connectivity index (χ4v) is 3.06. The Hall–Kier alpha value is -1.11. The van der Waals surface area contributed by atoms with E-state index in [-0.39, 0.29) is 25.1 Å². The van der Waals surface area contributed by atoms with E-state index >= 15 is 0 Å². The molecule has 1 aromatic rings. The summed E-state index contributed by atoms with van der Waals surface area (Å²) in [5, 5.41) is 3.46. The van der Waals surface area contributed by atoms with Gasteiger partial charge in [0.05, 0.1) is 16.6 Å². The second kappa shape index (κ2) is 7.94. The van der Waals surface area contributed by atoms with Gasteiger partial charge >= 0.3 is 6.03 Å². The van der Waals surface area contributed by atoms with Crippen molar-refractivity contribution in [2.75, 3.05) is 25.2 Å². The van der Waals surface area contributed by atoms with Crippen LogP contribution in [-0.4, -0.2) is 48.0 Å². The summed E-state index contributed by atoms with van der Waals surface area (Å²) in [6, 6.07) is 4.21. The molecule has 1 aliphatic rings. The topological polar surface area (TPSA) is 58.6 Å². The number of carbonyl (C=O) groups is 2. The van der Waals surface area contributed by atoms with Gasteiger partial charge in [-0.05, 0) is 30.6 Å². The smallest absolute Gasteiger partial charge is 0.324 e. The highest BCUT2D eigenvalue weighted by atomic mass is 35.5. The molecule has 22 heavy (non-hydrogen) atoms. The monoisotopic (exact) mass is 362 g/mol. The molecule has 120 valence electrons. The number of urea groups is 1. The van der Waals surface area contributed by atoms with Gasteiger partial charge in [0.2, 0.25) is 0 Å². The van der Waals surface area contributed by atoms with E-state index in [1.807, 2.05) is 6.26 Å². The summed E-state index contributed by atoms with van der Waals surface area (Å²) < 4.78 is 5.50. The van der Waals surface area contributed by atoms with E-state index < -0.39 is 6.04 Å². The molecule has 1 aromatic carbocycles. The minimum absolute atomic E-state index is 0.137. The molecular weight excluding hydrogens is 347 g/mol. The number of para-hydroxylation sites is 1. The molecule has 1 saturated heterocycles. The van der Waals surface area contributed by atoms with E-state index in [1.165, 1.54) is 0 Å². The Morgan fingerprint density at radius 3 is 2.64 bits per heavy atom. The van der Waals surface area contributed by atoms with Gasteiger partial charge in [0.1, 0.15) is 12.6 Å². The summed E-state index contributed by atoms with van der Waals surface area (Å²) in [5.74, 6) is 0.959. The maximum atomic E-state index is 12.1. The Kier molecular flexibility index (Phi) is 6.23. The van der Waals surface area contributed by atoms with Crippen molar-refractivity contribution >= 4 is 46.9 Å². The minimum atomic E-state index is -0.441. The van der Waals surface area contributed by atoms with E-state index in [1.54, 1.807) is 30.0 Å². The Balaban J connectivity index is 1.89. The zero-order chi connectivity index (χ0) is 16.1. The highest BCUT2D eigenvalue weighted by Crippen LogP contribution is 2.32. The fraction of sp³-hybridized carbons (Fsp3) is 0.429. The number of nitrogens with zero attached hydrogens (tertiary/aromatic N) is 1. The molecule has 0 spiro atoms. The van der Waals surface area contributed by atoms with Crippen molar-refractivity contribution in [3.8, 4) is 5.75 Å². The van der Waals surface area contributed by atoms with Gasteiger partial charge in [0.25, 0.3) is 5.91 Å². The number of amides is 3. The number of rotatable bonds is 7. The largest absolute Gasteiger partial charge is 0.489 e. The molecule has 8 heteroatoms. The molecule has 1 heterocycles. The number of halogens is 2. The van der Waals surface area contributed by atoms with Crippen molar-refractivity contribution in [2.24, 2.45) is 0 Å². The predicted octanol–water partition coefficient (Wildman–Crippen LogP) is 3.05. The first-order chi connectivity index (χ1) is 10.5. The second-order valence-electron chi connectivity index (χ2n) is 4.67. The van der Waals surface area contributed by atoms with Crippen molar-refractivity contribution < 1.29 is 14.3 Å². The first kappa shape index (κ1) is 17.2. The van der Waals surface area contributed by atoms with Gasteiger partial charge < -0.3 is 10.1 Å². The molecule has 0 saturated carbocycles. The molecule has 2 rings (SSSR count). The van der Waals surface area contributed by atoms with Gasteiger partial charge in [-0.3, -0.25) is 9.69 Å². The zero-order valence-electron chi connectivity index (χ0n) is 12.0. The lowest BCUT2D eigenvalue weighted by Crippen LogP contribution is -2.35. The molecule has 0 aliphatic carbocycles. The first-order valence-corrected chi connectivity index (χ1v) is 8.87. The van der Waals surface area contributed by atoms with Crippen LogP contribution in [0.3, 0.4) is 0 Å². The van der Waals surface area contributed by atoms with E-state index in [2.05, 4.69) is 5.32 Å². The highest BCUT2D eigenvalue weighted by Gasteiger charge is 2.37. The predicted molar refractivity (Wildman–Crippen MR) is 89.0 cm³/mol. The molecule has 0 radical (unpaired) electrons. The Morgan fingerprint density at radius 1 is 1.32 bits per heavy atom. The van der Waals surface area contributed by atoms with Crippen molar-refractivity contribution in [2.45, 2.75) is 12.5 Å². The van der Waals surface area contributed by atoms with Crippen molar-refractivity contribution in [1.82, 2.24) is 10.2 Å². The summed E-state index contributed by atoms with van der Waals surface area (Å²) in [7, 11) is 0. The standard InChI is InChI=1S/C14H16Cl2N2O3S/c1-22-8-5-11-13(19)18(14(20)17-11)6-7-21-12-9(15)3-2-4-10(12)16/h2-4,11H,5-8H2,1H3,(H,17,20). The first-order valence-electron chi connectivity index (χ1n) is 6.72. The summed E-state index contributed by atoms with van der Waals surface area (Å²) in [6.45, 7) is 0.292. The number of hydrogen-bond acceptors (Lipinski definition) is 4.